The highest BCUT2D eigenvalue weighted by Crippen LogP contribution is 2.15. The fourth-order valence-corrected chi connectivity index (χ4v) is 2.77. The summed E-state index contributed by atoms with van der Waals surface area (Å²) in [7, 11) is 5.28. The normalized spacial score (nSPS) is 12.0. The summed E-state index contributed by atoms with van der Waals surface area (Å²) >= 11 is 0. The third-order valence-electron chi connectivity index (χ3n) is 4.48. The van der Waals surface area contributed by atoms with Gasteiger partial charge in [0.2, 0.25) is 0 Å². The van der Waals surface area contributed by atoms with Gasteiger partial charge in [-0.05, 0) is 36.1 Å². The summed E-state index contributed by atoms with van der Waals surface area (Å²) in [5.74, 6) is 1.17. The van der Waals surface area contributed by atoms with Crippen molar-refractivity contribution in [3.8, 4) is 0 Å². The Labute approximate surface area is 185 Å². The number of benzene rings is 2. The molecule has 0 spiro atoms. The van der Waals surface area contributed by atoms with Crippen LogP contribution in [0.25, 0.3) is 0 Å². The molecule has 0 aliphatic heterocycles. The number of nitrogens with one attached hydrogen (secondary N) is 2. The van der Waals surface area contributed by atoms with Crippen LogP contribution >= 0.6 is 24.0 Å². The van der Waals surface area contributed by atoms with E-state index in [1.807, 2.05) is 24.3 Å². The highest BCUT2D eigenvalue weighted by atomic mass is 127. The zero-order chi connectivity index (χ0) is 19.8. The lowest BCUT2D eigenvalue weighted by atomic mass is 9.99. The van der Waals surface area contributed by atoms with E-state index < -0.39 is 0 Å². The Hall–Kier alpha value is -2.09. The van der Waals surface area contributed by atoms with Crippen LogP contribution in [0.5, 0.6) is 0 Å². The van der Waals surface area contributed by atoms with Crippen LogP contribution < -0.4 is 10.6 Å². The van der Waals surface area contributed by atoms with Crippen molar-refractivity contribution in [3.05, 3.63) is 70.8 Å². The lowest BCUT2D eigenvalue weighted by molar-refractivity contribution is 0.0827. The molecule has 1 unspecified atom stereocenters. The van der Waals surface area contributed by atoms with Crippen molar-refractivity contribution in [2.75, 3.05) is 27.7 Å². The van der Waals surface area contributed by atoms with E-state index in [1.165, 1.54) is 11.1 Å². The largest absolute Gasteiger partial charge is 0.356 e. The van der Waals surface area contributed by atoms with Crippen molar-refractivity contribution < 1.29 is 4.79 Å². The molecule has 0 fully saturated rings. The molecular formula is C22H31IN4O. The van der Waals surface area contributed by atoms with Gasteiger partial charge in [0.1, 0.15) is 0 Å². The minimum Gasteiger partial charge on any atom is -0.356 e. The summed E-state index contributed by atoms with van der Waals surface area (Å²) in [5, 5.41) is 6.70. The number of rotatable bonds is 6. The van der Waals surface area contributed by atoms with Gasteiger partial charge in [-0.25, -0.2) is 0 Å². The Kier molecular flexibility index (Phi) is 9.99. The first kappa shape index (κ1) is 23.9. The van der Waals surface area contributed by atoms with Crippen molar-refractivity contribution in [1.82, 2.24) is 15.5 Å². The number of nitrogens with zero attached hydrogens (tertiary/aromatic N) is 2. The molecule has 2 N–H and O–H groups in total. The first-order valence-corrected chi connectivity index (χ1v) is 9.22. The topological polar surface area (TPSA) is 56.7 Å². The van der Waals surface area contributed by atoms with Crippen LogP contribution in [-0.4, -0.2) is 44.5 Å². The molecule has 2 aromatic rings. The Morgan fingerprint density at radius 3 is 2.36 bits per heavy atom. The number of carbonyl (C=O) groups excluding carboxylic acids is 1. The van der Waals surface area contributed by atoms with E-state index in [2.05, 4.69) is 53.7 Å². The predicted octanol–water partition coefficient (Wildman–Crippen LogP) is 3.78. The molecule has 1 atom stereocenters. The summed E-state index contributed by atoms with van der Waals surface area (Å²) in [6.45, 7) is 5.77. The van der Waals surface area contributed by atoms with Gasteiger partial charge in [0.25, 0.3) is 5.91 Å². The van der Waals surface area contributed by atoms with Crippen LogP contribution in [0.2, 0.25) is 0 Å². The van der Waals surface area contributed by atoms with E-state index in [4.69, 9.17) is 0 Å². The second-order valence-electron chi connectivity index (χ2n) is 7.02. The van der Waals surface area contributed by atoms with Crippen LogP contribution in [0.1, 0.15) is 39.9 Å². The number of amides is 1. The van der Waals surface area contributed by atoms with Gasteiger partial charge in [-0.15, -0.1) is 24.0 Å². The molecule has 0 saturated heterocycles. The molecule has 5 nitrogen and oxygen atoms in total. The van der Waals surface area contributed by atoms with Crippen molar-refractivity contribution in [2.45, 2.75) is 26.3 Å². The summed E-state index contributed by atoms with van der Waals surface area (Å²) in [4.78, 5) is 17.8. The number of hydrogen-bond donors (Lipinski definition) is 2. The maximum absolute atomic E-state index is 11.9. The third-order valence-corrected chi connectivity index (χ3v) is 4.48. The van der Waals surface area contributed by atoms with Crippen LogP contribution in [0.4, 0.5) is 0 Å². The van der Waals surface area contributed by atoms with Gasteiger partial charge in [0.05, 0.1) is 0 Å². The molecule has 28 heavy (non-hydrogen) atoms. The van der Waals surface area contributed by atoms with E-state index in [0.29, 0.717) is 18.0 Å². The van der Waals surface area contributed by atoms with Crippen LogP contribution in [-0.2, 0) is 6.54 Å². The van der Waals surface area contributed by atoms with Crippen molar-refractivity contribution >= 4 is 35.8 Å². The Balaban J connectivity index is 0.00000392. The first-order chi connectivity index (χ1) is 12.9. The van der Waals surface area contributed by atoms with Crippen molar-refractivity contribution in [3.63, 3.8) is 0 Å². The molecule has 0 aromatic heterocycles. The molecule has 0 bridgehead atoms. The summed E-state index contributed by atoms with van der Waals surface area (Å²) in [6, 6.07) is 16.2. The SMILES string of the molecule is CN=C(NCc1ccc(C(=O)N(C)C)cc1)NCC(C)c1cccc(C)c1.I. The maximum atomic E-state index is 11.9. The quantitative estimate of drug-likeness (QED) is 0.365. The predicted molar refractivity (Wildman–Crippen MR) is 128 cm³/mol. The molecule has 0 radical (unpaired) electrons. The molecule has 2 rings (SSSR count). The fraction of sp³-hybridized carbons (Fsp3) is 0.364. The van der Waals surface area contributed by atoms with Gasteiger partial charge < -0.3 is 15.5 Å². The second kappa shape index (κ2) is 11.7. The van der Waals surface area contributed by atoms with Gasteiger partial charge in [-0.3, -0.25) is 9.79 Å². The Morgan fingerprint density at radius 1 is 1.11 bits per heavy atom. The van der Waals surface area contributed by atoms with E-state index in [9.17, 15) is 4.79 Å². The van der Waals surface area contributed by atoms with Crippen molar-refractivity contribution in [1.29, 1.82) is 0 Å². The second-order valence-corrected chi connectivity index (χ2v) is 7.02. The summed E-state index contributed by atoms with van der Waals surface area (Å²) in [6.07, 6.45) is 0. The zero-order valence-electron chi connectivity index (χ0n) is 17.3. The Bertz CT molecular complexity index is 787. The van der Waals surface area contributed by atoms with Crippen LogP contribution in [0.3, 0.4) is 0 Å². The van der Waals surface area contributed by atoms with E-state index >= 15 is 0 Å². The van der Waals surface area contributed by atoms with Crippen molar-refractivity contribution in [2.24, 2.45) is 4.99 Å². The number of aliphatic imine (C=N–C) groups is 1. The van der Waals surface area contributed by atoms with Crippen LogP contribution in [0.15, 0.2) is 53.5 Å². The van der Waals surface area contributed by atoms with E-state index in [1.54, 1.807) is 26.0 Å². The molecule has 0 heterocycles. The highest BCUT2D eigenvalue weighted by Gasteiger charge is 2.09. The number of guanidine groups is 1. The van der Waals surface area contributed by atoms with Gasteiger partial charge >= 0.3 is 0 Å². The lowest BCUT2D eigenvalue weighted by Gasteiger charge is -2.17. The third kappa shape index (κ3) is 7.14. The van der Waals surface area contributed by atoms with Gasteiger partial charge in [0, 0.05) is 39.8 Å². The first-order valence-electron chi connectivity index (χ1n) is 9.22. The van der Waals surface area contributed by atoms with Gasteiger partial charge in [-0.2, -0.15) is 0 Å². The number of hydrogen-bond acceptors (Lipinski definition) is 2. The maximum Gasteiger partial charge on any atom is 0.253 e. The number of aryl methyl sites for hydroxylation is 1. The fourth-order valence-electron chi connectivity index (χ4n) is 2.77. The standard InChI is InChI=1S/C22H30N4O.HI/c1-16-7-6-8-20(13-16)17(2)14-24-22(23-3)25-15-18-9-11-19(12-10-18)21(27)26(4)5;/h6-13,17H,14-15H2,1-5H3,(H2,23,24,25);1H. The number of halogens is 1. The molecule has 0 aliphatic rings. The smallest absolute Gasteiger partial charge is 0.253 e. The van der Waals surface area contributed by atoms with Gasteiger partial charge in [0.15, 0.2) is 5.96 Å². The molecule has 0 aliphatic carbocycles. The minimum absolute atomic E-state index is 0. The molecule has 6 heteroatoms. The molecule has 152 valence electrons. The zero-order valence-corrected chi connectivity index (χ0v) is 19.7. The summed E-state index contributed by atoms with van der Waals surface area (Å²) in [5.41, 5.74) is 4.38. The highest BCUT2D eigenvalue weighted by molar-refractivity contribution is 14.0. The monoisotopic (exact) mass is 494 g/mol. The molecular weight excluding hydrogens is 463 g/mol. The molecule has 0 saturated carbocycles. The molecule has 2 aromatic carbocycles. The number of carbonyl (C=O) groups is 1. The minimum atomic E-state index is 0. The van der Waals surface area contributed by atoms with E-state index in [0.717, 1.165) is 18.1 Å². The molecule has 1 amide bonds. The van der Waals surface area contributed by atoms with Gasteiger partial charge in [-0.1, -0.05) is 48.9 Å². The summed E-state index contributed by atoms with van der Waals surface area (Å²) < 4.78 is 0. The average molecular weight is 494 g/mol. The lowest BCUT2D eigenvalue weighted by Crippen LogP contribution is -2.38. The van der Waals surface area contributed by atoms with E-state index in [-0.39, 0.29) is 29.9 Å². The Morgan fingerprint density at radius 2 is 1.79 bits per heavy atom. The van der Waals surface area contributed by atoms with Crippen LogP contribution in [0, 0.1) is 6.92 Å². The average Bonchev–Trinajstić information content (AvgIpc) is 2.67.